The molecule has 0 fully saturated rings. The zero-order valence-corrected chi connectivity index (χ0v) is 20.2. The highest BCUT2D eigenvalue weighted by atomic mass is 79.9. The lowest BCUT2D eigenvalue weighted by Gasteiger charge is -2.06. The molecule has 0 unspecified atom stereocenters. The Kier molecular flexibility index (Phi) is 6.80. The number of aromatic nitrogens is 2. The summed E-state index contributed by atoms with van der Waals surface area (Å²) in [6, 6.07) is 3.26. The lowest BCUT2D eigenvalue weighted by molar-refractivity contribution is 0.0527. The van der Waals surface area contributed by atoms with E-state index >= 15 is 0 Å². The zero-order valence-electron chi connectivity index (χ0n) is 17.8. The van der Waals surface area contributed by atoms with Gasteiger partial charge in [-0.2, -0.15) is 5.10 Å². The van der Waals surface area contributed by atoms with E-state index in [0.29, 0.717) is 22.7 Å². The van der Waals surface area contributed by atoms with E-state index in [1.807, 2.05) is 13.8 Å². The second kappa shape index (κ2) is 9.19. The average molecular weight is 508 g/mol. The summed E-state index contributed by atoms with van der Waals surface area (Å²) < 4.78 is 13.5. The summed E-state index contributed by atoms with van der Waals surface area (Å²) in [6.45, 7) is 9.14. The highest BCUT2D eigenvalue weighted by molar-refractivity contribution is 9.10. The molecule has 3 aromatic heterocycles. The van der Waals surface area contributed by atoms with Crippen LogP contribution < -0.4 is 5.32 Å². The summed E-state index contributed by atoms with van der Waals surface area (Å²) >= 11 is 4.53. The summed E-state index contributed by atoms with van der Waals surface area (Å²) in [6.07, 6.45) is 0. The number of Topliss-reactive ketones (excluding diaryl/α,β-unsaturated/α-hetero) is 1. The van der Waals surface area contributed by atoms with Crippen molar-refractivity contribution >= 4 is 49.9 Å². The van der Waals surface area contributed by atoms with Crippen LogP contribution in [0.15, 0.2) is 21.0 Å². The second-order valence-corrected chi connectivity index (χ2v) is 8.71. The fraction of sp³-hybridized carbons (Fsp3) is 0.333. The van der Waals surface area contributed by atoms with Gasteiger partial charge in [-0.1, -0.05) is 0 Å². The van der Waals surface area contributed by atoms with Crippen molar-refractivity contribution in [1.82, 2.24) is 9.78 Å². The molecule has 0 radical (unpaired) electrons. The number of halogens is 1. The lowest BCUT2D eigenvalue weighted by Crippen LogP contribution is -2.14. The third kappa shape index (κ3) is 4.64. The number of ketones is 1. The molecule has 31 heavy (non-hydrogen) atoms. The molecule has 1 amide bonds. The van der Waals surface area contributed by atoms with Gasteiger partial charge in [0, 0.05) is 0 Å². The van der Waals surface area contributed by atoms with E-state index < -0.39 is 11.9 Å². The smallest absolute Gasteiger partial charge is 0.341 e. The number of hydrogen-bond acceptors (Lipinski definition) is 7. The van der Waals surface area contributed by atoms with E-state index in [1.165, 1.54) is 6.92 Å². The molecule has 8 nitrogen and oxygen atoms in total. The quantitative estimate of drug-likeness (QED) is 0.360. The molecule has 164 valence electrons. The highest BCUT2D eigenvalue weighted by Crippen LogP contribution is 2.34. The molecule has 0 bridgehead atoms. The number of carbonyl (C=O) groups is 3. The maximum Gasteiger partial charge on any atom is 0.341 e. The summed E-state index contributed by atoms with van der Waals surface area (Å²) in [7, 11) is 0. The Morgan fingerprint density at radius 2 is 1.97 bits per heavy atom. The Bertz CT molecular complexity index is 1170. The van der Waals surface area contributed by atoms with Crippen LogP contribution in [-0.2, 0) is 11.3 Å². The molecule has 3 aromatic rings. The van der Waals surface area contributed by atoms with Gasteiger partial charge < -0.3 is 14.5 Å². The van der Waals surface area contributed by atoms with Crippen LogP contribution in [0, 0.1) is 20.8 Å². The van der Waals surface area contributed by atoms with Gasteiger partial charge in [-0.3, -0.25) is 14.3 Å². The molecule has 0 spiro atoms. The van der Waals surface area contributed by atoms with Crippen LogP contribution in [0.1, 0.15) is 67.1 Å². The number of nitrogens with zero attached hydrogens (tertiary/aromatic N) is 2. The highest BCUT2D eigenvalue weighted by Gasteiger charge is 2.26. The summed E-state index contributed by atoms with van der Waals surface area (Å²) in [5, 5.41) is 7.37. The van der Waals surface area contributed by atoms with Crippen LogP contribution in [0.25, 0.3) is 0 Å². The van der Waals surface area contributed by atoms with Crippen molar-refractivity contribution in [2.24, 2.45) is 0 Å². The standard InChI is InChI=1S/C21H22BrN3O5S/c1-6-29-21(28)16-10(2)18(13(5)26)31-20(16)23-19(27)15-8-7-14(30-15)9-25-12(4)17(22)11(3)24-25/h7-8H,6,9H2,1-5H3,(H,23,27). The number of thiophene rings is 1. The van der Waals surface area contributed by atoms with Crippen LogP contribution in [0.4, 0.5) is 5.00 Å². The first-order chi connectivity index (χ1) is 14.6. The van der Waals surface area contributed by atoms with Gasteiger partial charge in [-0.15, -0.1) is 11.3 Å². The lowest BCUT2D eigenvalue weighted by atomic mass is 10.1. The molecule has 0 aliphatic rings. The van der Waals surface area contributed by atoms with Crippen molar-refractivity contribution < 1.29 is 23.5 Å². The molecule has 0 saturated carbocycles. The van der Waals surface area contributed by atoms with Crippen LogP contribution >= 0.6 is 27.3 Å². The Hall–Kier alpha value is -2.72. The number of ether oxygens (including phenoxy) is 1. The number of nitrogens with one attached hydrogen (secondary N) is 1. The first kappa shape index (κ1) is 23.0. The molecule has 0 atom stereocenters. The maximum absolute atomic E-state index is 12.8. The van der Waals surface area contributed by atoms with Crippen LogP contribution in [0.3, 0.4) is 0 Å². The van der Waals surface area contributed by atoms with Crippen LogP contribution in [-0.4, -0.2) is 34.0 Å². The third-order valence-corrected chi connectivity index (χ3v) is 7.11. The summed E-state index contributed by atoms with van der Waals surface area (Å²) in [5.41, 5.74) is 2.49. The Morgan fingerprint density at radius 3 is 2.55 bits per heavy atom. The van der Waals surface area contributed by atoms with Gasteiger partial charge in [0.15, 0.2) is 11.5 Å². The number of anilines is 1. The van der Waals surface area contributed by atoms with Crippen molar-refractivity contribution in [3.8, 4) is 0 Å². The monoisotopic (exact) mass is 507 g/mol. The molecule has 0 aliphatic heterocycles. The molecular formula is C21H22BrN3O5S. The predicted octanol–water partition coefficient (Wildman–Crippen LogP) is 4.91. The maximum atomic E-state index is 12.8. The average Bonchev–Trinajstić information content (AvgIpc) is 3.36. The fourth-order valence-corrected chi connectivity index (χ4v) is 4.48. The van der Waals surface area contributed by atoms with Crippen LogP contribution in [0.5, 0.6) is 0 Å². The normalized spacial score (nSPS) is 10.9. The van der Waals surface area contributed by atoms with Gasteiger partial charge in [0.1, 0.15) is 10.8 Å². The fourth-order valence-electron chi connectivity index (χ4n) is 3.11. The number of rotatable bonds is 7. The predicted molar refractivity (Wildman–Crippen MR) is 120 cm³/mol. The Morgan fingerprint density at radius 1 is 1.26 bits per heavy atom. The van der Waals surface area contributed by atoms with Crippen molar-refractivity contribution in [3.63, 3.8) is 0 Å². The van der Waals surface area contributed by atoms with E-state index in [4.69, 9.17) is 9.15 Å². The van der Waals surface area contributed by atoms with E-state index in [-0.39, 0.29) is 28.7 Å². The molecule has 1 N–H and O–H groups in total. The number of amides is 1. The summed E-state index contributed by atoms with van der Waals surface area (Å²) in [4.78, 5) is 37.5. The number of furan rings is 1. The molecular weight excluding hydrogens is 486 g/mol. The van der Waals surface area contributed by atoms with Gasteiger partial charge in [-0.05, 0) is 68.2 Å². The minimum absolute atomic E-state index is 0.0841. The minimum Gasteiger partial charge on any atom is -0.462 e. The Labute approximate surface area is 191 Å². The molecule has 0 aromatic carbocycles. The Balaban J connectivity index is 1.83. The van der Waals surface area contributed by atoms with E-state index in [0.717, 1.165) is 27.2 Å². The van der Waals surface area contributed by atoms with Crippen molar-refractivity contribution in [1.29, 1.82) is 0 Å². The van der Waals surface area contributed by atoms with Gasteiger partial charge in [0.25, 0.3) is 5.91 Å². The van der Waals surface area contributed by atoms with Crippen molar-refractivity contribution in [2.75, 3.05) is 11.9 Å². The van der Waals surface area contributed by atoms with Crippen molar-refractivity contribution in [3.05, 3.63) is 55.5 Å². The van der Waals surface area contributed by atoms with Crippen molar-refractivity contribution in [2.45, 2.75) is 41.2 Å². The van der Waals surface area contributed by atoms with E-state index in [9.17, 15) is 14.4 Å². The van der Waals surface area contributed by atoms with Gasteiger partial charge in [0.05, 0.1) is 39.5 Å². The molecule has 3 heterocycles. The number of carbonyl (C=O) groups excluding carboxylic acids is 3. The molecule has 0 aliphatic carbocycles. The number of esters is 1. The summed E-state index contributed by atoms with van der Waals surface area (Å²) in [5.74, 6) is -0.664. The molecule has 0 saturated heterocycles. The van der Waals surface area contributed by atoms with Gasteiger partial charge in [0.2, 0.25) is 0 Å². The zero-order chi connectivity index (χ0) is 22.9. The minimum atomic E-state index is -0.589. The largest absolute Gasteiger partial charge is 0.462 e. The number of hydrogen-bond donors (Lipinski definition) is 1. The second-order valence-electron chi connectivity index (χ2n) is 6.90. The van der Waals surface area contributed by atoms with E-state index in [2.05, 4.69) is 26.3 Å². The topological polar surface area (TPSA) is 103 Å². The molecule has 3 rings (SSSR count). The van der Waals surface area contributed by atoms with E-state index in [1.54, 1.807) is 30.7 Å². The first-order valence-electron chi connectivity index (χ1n) is 9.55. The first-order valence-corrected chi connectivity index (χ1v) is 11.2. The van der Waals surface area contributed by atoms with Crippen LogP contribution in [0.2, 0.25) is 0 Å². The van der Waals surface area contributed by atoms with Gasteiger partial charge >= 0.3 is 5.97 Å². The van der Waals surface area contributed by atoms with Gasteiger partial charge in [-0.25, -0.2) is 4.79 Å². The number of aryl methyl sites for hydroxylation is 1. The molecule has 10 heteroatoms. The SMILES string of the molecule is CCOC(=O)c1c(NC(=O)c2ccc(Cn3nc(C)c(Br)c3C)o2)sc(C(C)=O)c1C. The third-order valence-electron chi connectivity index (χ3n) is 4.66.